The number of fused-ring (bicyclic) bond motifs is 1. The van der Waals surface area contributed by atoms with Crippen molar-refractivity contribution in [2.45, 2.75) is 38.0 Å². The number of rotatable bonds is 4. The summed E-state index contributed by atoms with van der Waals surface area (Å²) < 4.78 is 5.53. The van der Waals surface area contributed by atoms with Crippen LogP contribution in [0.2, 0.25) is 0 Å². The van der Waals surface area contributed by atoms with Gasteiger partial charge in [-0.25, -0.2) is 0 Å². The minimum Gasteiger partial charge on any atom is -0.378 e. The molecule has 30 heavy (non-hydrogen) atoms. The number of hydrogen-bond donors (Lipinski definition) is 0. The first kappa shape index (κ1) is 18.9. The minimum atomic E-state index is -0.0458. The van der Waals surface area contributed by atoms with E-state index < -0.39 is 0 Å². The molecule has 5 rings (SSSR count). The van der Waals surface area contributed by atoms with Gasteiger partial charge in [0.2, 0.25) is 5.91 Å². The van der Waals surface area contributed by atoms with Gasteiger partial charge in [-0.2, -0.15) is 4.98 Å². The first-order chi connectivity index (χ1) is 14.6. The van der Waals surface area contributed by atoms with Gasteiger partial charge in [0.15, 0.2) is 5.82 Å². The molecule has 1 unspecified atom stereocenters. The monoisotopic (exact) mass is 402 g/mol. The van der Waals surface area contributed by atoms with Crippen LogP contribution in [0.5, 0.6) is 0 Å². The van der Waals surface area contributed by atoms with Crippen LogP contribution in [0.1, 0.15) is 42.1 Å². The van der Waals surface area contributed by atoms with Crippen molar-refractivity contribution in [3.63, 3.8) is 0 Å². The lowest BCUT2D eigenvalue weighted by atomic mass is 9.90. The molecule has 2 aliphatic rings. The second kappa shape index (κ2) is 7.59. The topological polar surface area (TPSA) is 62.5 Å². The molecule has 0 saturated carbocycles. The summed E-state index contributed by atoms with van der Waals surface area (Å²) in [5.41, 5.74) is 5.80. The Hall–Kier alpha value is -3.15. The molecule has 1 aromatic heterocycles. The summed E-state index contributed by atoms with van der Waals surface area (Å²) in [4.78, 5) is 21.4. The predicted molar refractivity (Wildman–Crippen MR) is 117 cm³/mol. The lowest BCUT2D eigenvalue weighted by Gasteiger charge is -2.25. The van der Waals surface area contributed by atoms with Crippen molar-refractivity contribution in [3.05, 3.63) is 59.4 Å². The summed E-state index contributed by atoms with van der Waals surface area (Å²) in [5.74, 6) is 1.21. The molecule has 0 bridgehead atoms. The number of benzene rings is 2. The number of hydrogen-bond acceptors (Lipinski definition) is 5. The van der Waals surface area contributed by atoms with Crippen molar-refractivity contribution in [1.82, 2.24) is 10.1 Å². The summed E-state index contributed by atoms with van der Waals surface area (Å²) in [7, 11) is 4.01. The molecule has 0 radical (unpaired) electrons. The molecule has 6 nitrogen and oxygen atoms in total. The molecular weight excluding hydrogens is 376 g/mol. The lowest BCUT2D eigenvalue weighted by molar-refractivity contribution is -0.117. The second-order valence-corrected chi connectivity index (χ2v) is 8.43. The standard InChI is InChI=1S/C24H26N4O2/c1-27(2)19-12-10-17(11-13-19)24-25-23(26-30-24)18-14-22(29)28(15-18)21-9-5-7-16-6-3-4-8-20(16)21/h5,7,9-13,18H,3-4,6,8,14-15H2,1-2H3. The summed E-state index contributed by atoms with van der Waals surface area (Å²) in [6, 6.07) is 14.4. The van der Waals surface area contributed by atoms with Gasteiger partial charge in [-0.3, -0.25) is 4.79 Å². The summed E-state index contributed by atoms with van der Waals surface area (Å²) in [5, 5.41) is 4.21. The van der Waals surface area contributed by atoms with Gasteiger partial charge in [-0.1, -0.05) is 17.3 Å². The molecule has 2 aromatic carbocycles. The van der Waals surface area contributed by atoms with Crippen LogP contribution in [0.25, 0.3) is 11.5 Å². The van der Waals surface area contributed by atoms with Gasteiger partial charge in [0.1, 0.15) is 0 Å². The molecule has 1 fully saturated rings. The third kappa shape index (κ3) is 3.36. The van der Waals surface area contributed by atoms with Gasteiger partial charge < -0.3 is 14.3 Å². The van der Waals surface area contributed by atoms with E-state index in [0.29, 0.717) is 24.7 Å². The average molecular weight is 402 g/mol. The molecule has 2 heterocycles. The highest BCUT2D eigenvalue weighted by Gasteiger charge is 2.36. The van der Waals surface area contributed by atoms with E-state index in [0.717, 1.165) is 29.8 Å². The Morgan fingerprint density at radius 1 is 1.07 bits per heavy atom. The van der Waals surface area contributed by atoms with E-state index in [-0.39, 0.29) is 11.8 Å². The average Bonchev–Trinajstić information content (AvgIpc) is 3.40. The zero-order chi connectivity index (χ0) is 20.7. The third-order valence-electron chi connectivity index (χ3n) is 6.22. The van der Waals surface area contributed by atoms with Crippen LogP contribution >= 0.6 is 0 Å². The number of nitrogens with zero attached hydrogens (tertiary/aromatic N) is 4. The van der Waals surface area contributed by atoms with Crippen LogP contribution in [0.4, 0.5) is 11.4 Å². The van der Waals surface area contributed by atoms with Gasteiger partial charge in [-0.15, -0.1) is 0 Å². The fraction of sp³-hybridized carbons (Fsp3) is 0.375. The number of carbonyl (C=O) groups is 1. The largest absolute Gasteiger partial charge is 0.378 e. The van der Waals surface area contributed by atoms with E-state index in [9.17, 15) is 4.79 Å². The predicted octanol–water partition coefficient (Wildman–Crippen LogP) is 4.20. The maximum atomic E-state index is 12.9. The molecule has 0 N–H and O–H groups in total. The zero-order valence-electron chi connectivity index (χ0n) is 17.5. The molecule has 6 heteroatoms. The van der Waals surface area contributed by atoms with Gasteiger partial charge in [0.25, 0.3) is 5.89 Å². The Morgan fingerprint density at radius 3 is 2.67 bits per heavy atom. The van der Waals surface area contributed by atoms with E-state index in [1.807, 2.05) is 48.2 Å². The van der Waals surface area contributed by atoms with Crippen molar-refractivity contribution < 1.29 is 9.32 Å². The highest BCUT2D eigenvalue weighted by molar-refractivity contribution is 5.97. The van der Waals surface area contributed by atoms with Crippen molar-refractivity contribution in [3.8, 4) is 11.5 Å². The highest BCUT2D eigenvalue weighted by Crippen LogP contribution is 2.36. The minimum absolute atomic E-state index is 0.0458. The van der Waals surface area contributed by atoms with Crippen molar-refractivity contribution in [2.24, 2.45) is 0 Å². The van der Waals surface area contributed by atoms with E-state index in [1.165, 1.54) is 24.0 Å². The number of carbonyl (C=O) groups excluding carboxylic acids is 1. The summed E-state index contributed by atoms with van der Waals surface area (Å²) in [6.07, 6.45) is 5.00. The molecular formula is C24H26N4O2. The van der Waals surface area contributed by atoms with Gasteiger partial charge in [-0.05, 0) is 67.1 Å². The van der Waals surface area contributed by atoms with E-state index in [2.05, 4.69) is 28.3 Å². The Morgan fingerprint density at radius 2 is 1.87 bits per heavy atom. The van der Waals surface area contributed by atoms with Crippen LogP contribution < -0.4 is 9.80 Å². The molecule has 1 amide bonds. The van der Waals surface area contributed by atoms with E-state index in [4.69, 9.17) is 4.52 Å². The Bertz CT molecular complexity index is 1070. The number of aryl methyl sites for hydroxylation is 1. The highest BCUT2D eigenvalue weighted by atomic mass is 16.5. The zero-order valence-corrected chi connectivity index (χ0v) is 17.5. The van der Waals surface area contributed by atoms with Crippen molar-refractivity contribution >= 4 is 17.3 Å². The van der Waals surface area contributed by atoms with Gasteiger partial charge in [0.05, 0.1) is 0 Å². The molecule has 154 valence electrons. The first-order valence-corrected chi connectivity index (χ1v) is 10.6. The van der Waals surface area contributed by atoms with Crippen LogP contribution in [-0.4, -0.2) is 36.7 Å². The molecule has 1 atom stereocenters. The SMILES string of the molecule is CN(C)c1ccc(-c2nc(C3CC(=O)N(c4cccc5c4CCCC5)C3)no2)cc1. The Labute approximate surface area is 176 Å². The molecule has 3 aromatic rings. The number of anilines is 2. The summed E-state index contributed by atoms with van der Waals surface area (Å²) in [6.45, 7) is 0.605. The van der Waals surface area contributed by atoms with Crippen molar-refractivity contribution in [1.29, 1.82) is 0 Å². The fourth-order valence-electron chi connectivity index (χ4n) is 4.55. The molecule has 0 spiro atoms. The fourth-order valence-corrected chi connectivity index (χ4v) is 4.55. The maximum absolute atomic E-state index is 12.9. The van der Waals surface area contributed by atoms with Crippen LogP contribution in [0, 0.1) is 0 Å². The van der Waals surface area contributed by atoms with E-state index in [1.54, 1.807) is 0 Å². The third-order valence-corrected chi connectivity index (χ3v) is 6.22. The molecule has 1 aliphatic heterocycles. The Balaban J connectivity index is 1.37. The number of aromatic nitrogens is 2. The Kier molecular flexibility index (Phi) is 4.77. The quantitative estimate of drug-likeness (QED) is 0.654. The second-order valence-electron chi connectivity index (χ2n) is 8.43. The van der Waals surface area contributed by atoms with E-state index >= 15 is 0 Å². The van der Waals surface area contributed by atoms with Crippen molar-refractivity contribution in [2.75, 3.05) is 30.4 Å². The number of amides is 1. The normalized spacial score (nSPS) is 18.5. The molecule has 1 aliphatic carbocycles. The first-order valence-electron chi connectivity index (χ1n) is 10.6. The molecule has 1 saturated heterocycles. The smallest absolute Gasteiger partial charge is 0.257 e. The van der Waals surface area contributed by atoms with Crippen LogP contribution in [0.3, 0.4) is 0 Å². The maximum Gasteiger partial charge on any atom is 0.257 e. The van der Waals surface area contributed by atoms with Crippen LogP contribution in [-0.2, 0) is 17.6 Å². The summed E-state index contributed by atoms with van der Waals surface area (Å²) >= 11 is 0. The van der Waals surface area contributed by atoms with Gasteiger partial charge in [0, 0.05) is 49.9 Å². The van der Waals surface area contributed by atoms with Gasteiger partial charge >= 0.3 is 0 Å². The van der Waals surface area contributed by atoms with Crippen LogP contribution in [0.15, 0.2) is 47.0 Å². The lowest BCUT2D eigenvalue weighted by Crippen LogP contribution is -2.26.